The lowest BCUT2D eigenvalue weighted by atomic mass is 9.96. The molecule has 1 rings (SSSR count). The minimum absolute atomic E-state index is 0.00748. The highest BCUT2D eigenvalue weighted by molar-refractivity contribution is 7.80. The van der Waals surface area contributed by atoms with Gasteiger partial charge in [0.25, 0.3) is 0 Å². The average molecular weight is 995 g/mol. The largest absolute Gasteiger partial charge is 0.465 e. The third-order valence-corrected chi connectivity index (χ3v) is 14.9. The van der Waals surface area contributed by atoms with E-state index in [1.165, 1.54) is 148 Å². The van der Waals surface area contributed by atoms with Crippen LogP contribution in [-0.4, -0.2) is 104 Å². The van der Waals surface area contributed by atoms with Crippen LogP contribution in [0.4, 0.5) is 0 Å². The molecule has 0 aromatic heterocycles. The molecule has 410 valence electrons. The summed E-state index contributed by atoms with van der Waals surface area (Å²) in [5.41, 5.74) is 0. The summed E-state index contributed by atoms with van der Waals surface area (Å²) >= 11 is 4.05. The fraction of sp³-hybridized carbons (Fsp3) is 0.950. The van der Waals surface area contributed by atoms with Gasteiger partial charge in [0.1, 0.15) is 0 Å². The lowest BCUT2D eigenvalue weighted by Gasteiger charge is -2.35. The van der Waals surface area contributed by atoms with Gasteiger partial charge in [-0.15, -0.1) is 0 Å². The number of esters is 2. The fourth-order valence-electron chi connectivity index (χ4n) is 9.83. The van der Waals surface area contributed by atoms with Gasteiger partial charge in [-0.2, -0.15) is 12.6 Å². The van der Waals surface area contributed by atoms with E-state index < -0.39 is 0 Å². The summed E-state index contributed by atoms with van der Waals surface area (Å²) in [5, 5.41) is 0. The Balaban J connectivity index is 0.00000719. The number of likely N-dealkylation sites (N-methyl/N-ethyl adjacent to an activating group) is 1. The van der Waals surface area contributed by atoms with Crippen LogP contribution in [0.2, 0.25) is 0 Å². The Morgan fingerprint density at radius 2 is 0.841 bits per heavy atom. The van der Waals surface area contributed by atoms with Gasteiger partial charge >= 0.3 is 11.9 Å². The molecular formula is C60H119N3O5S. The van der Waals surface area contributed by atoms with Crippen LogP contribution < -0.4 is 0 Å². The van der Waals surface area contributed by atoms with Gasteiger partial charge in [0.15, 0.2) is 0 Å². The third-order valence-electron chi connectivity index (χ3n) is 14.6. The Morgan fingerprint density at radius 1 is 0.449 bits per heavy atom. The molecule has 0 aromatic carbocycles. The third kappa shape index (κ3) is 42.9. The number of ether oxygens (including phenoxy) is 2. The van der Waals surface area contributed by atoms with Crippen molar-refractivity contribution >= 4 is 30.5 Å². The molecule has 1 aliphatic rings. The van der Waals surface area contributed by atoms with Gasteiger partial charge in [-0.1, -0.05) is 196 Å². The van der Waals surface area contributed by atoms with E-state index in [9.17, 15) is 14.4 Å². The van der Waals surface area contributed by atoms with Crippen LogP contribution in [-0.2, 0) is 23.9 Å². The van der Waals surface area contributed by atoms with Gasteiger partial charge in [-0.05, 0) is 102 Å². The summed E-state index contributed by atoms with van der Waals surface area (Å²) in [6.07, 6.45) is 43.0. The van der Waals surface area contributed by atoms with E-state index in [1.807, 2.05) is 0 Å². The van der Waals surface area contributed by atoms with Gasteiger partial charge in [0.2, 0.25) is 5.91 Å². The number of rotatable bonds is 48. The number of hydrogen-bond donors (Lipinski definition) is 1. The summed E-state index contributed by atoms with van der Waals surface area (Å²) in [6, 6.07) is 0.321. The lowest BCUT2D eigenvalue weighted by molar-refractivity contribution is -0.146. The van der Waals surface area contributed by atoms with Crippen LogP contribution in [0.5, 0.6) is 0 Å². The molecule has 1 aliphatic heterocycles. The zero-order valence-electron chi connectivity index (χ0n) is 47.3. The van der Waals surface area contributed by atoms with E-state index in [2.05, 4.69) is 75.9 Å². The minimum Gasteiger partial charge on any atom is -0.465 e. The number of piperazine rings is 1. The number of unbranched alkanes of at least 4 members (excludes halogenated alkanes) is 20. The van der Waals surface area contributed by atoms with Gasteiger partial charge in [-0.3, -0.25) is 14.4 Å². The number of carbonyl (C=O) groups excluding carboxylic acids is 3. The Bertz CT molecular complexity index is 1060. The highest BCUT2D eigenvalue weighted by Gasteiger charge is 2.23. The zero-order valence-corrected chi connectivity index (χ0v) is 48.2. The quantitative estimate of drug-likeness (QED) is 0.0370. The molecular weight excluding hydrogens is 875 g/mol. The molecule has 0 spiro atoms. The Labute approximate surface area is 435 Å². The monoisotopic (exact) mass is 994 g/mol. The number of carbonyl (C=O) groups is 3. The number of thiol groups is 1. The van der Waals surface area contributed by atoms with Crippen molar-refractivity contribution in [3.05, 3.63) is 0 Å². The molecule has 1 fully saturated rings. The smallest absolute Gasteiger partial charge is 0.305 e. The molecule has 0 radical (unpaired) electrons. The van der Waals surface area contributed by atoms with E-state index in [-0.39, 0.29) is 11.9 Å². The van der Waals surface area contributed by atoms with Crippen LogP contribution in [0.25, 0.3) is 0 Å². The predicted octanol–water partition coefficient (Wildman–Crippen LogP) is 16.6. The van der Waals surface area contributed by atoms with Crippen molar-refractivity contribution in [2.75, 3.05) is 65.3 Å². The van der Waals surface area contributed by atoms with E-state index in [4.69, 9.17) is 9.47 Å². The number of nitrogens with zero attached hydrogens (tertiary/aromatic N) is 3. The maximum Gasteiger partial charge on any atom is 0.305 e. The maximum absolute atomic E-state index is 13.7. The van der Waals surface area contributed by atoms with Crippen molar-refractivity contribution in [2.24, 2.45) is 11.8 Å². The first-order valence-corrected chi connectivity index (χ1v) is 30.9. The van der Waals surface area contributed by atoms with Crippen molar-refractivity contribution in [1.82, 2.24) is 14.7 Å². The molecule has 0 N–H and O–H groups in total. The standard InChI is InChI=1S/C55H107N3O5.C5H12S/c1-7-12-16-26-36-50(34-14-9-3)48-62-54(60)40-30-24-20-18-22-28-38-52(58(53(59)33-11-5)43-32-42-57-46-44-56(6)45-47-57)39-29-23-19-21-25-31-41-55(61)63-49-51(35-15-10-4)37-27-17-13-8-2;1-2-3-4-5-6/h50-52H,7-49H2,1-6H3;6H,2-5H2,1H3. The maximum atomic E-state index is 13.7. The van der Waals surface area contributed by atoms with Crippen LogP contribution in [0.15, 0.2) is 0 Å². The molecule has 0 aromatic rings. The summed E-state index contributed by atoms with van der Waals surface area (Å²) in [5.74, 6) is 2.43. The molecule has 9 heteroatoms. The minimum atomic E-state index is -0.00748. The predicted molar refractivity (Wildman–Crippen MR) is 302 cm³/mol. The first-order valence-electron chi connectivity index (χ1n) is 30.3. The number of hydrogen-bond acceptors (Lipinski definition) is 8. The first-order chi connectivity index (χ1) is 33.7. The average Bonchev–Trinajstić information content (AvgIpc) is 3.35. The normalized spacial score (nSPS) is 14.5. The fourth-order valence-corrected chi connectivity index (χ4v) is 10.1. The van der Waals surface area contributed by atoms with Crippen molar-refractivity contribution in [2.45, 2.75) is 292 Å². The van der Waals surface area contributed by atoms with Crippen molar-refractivity contribution in [1.29, 1.82) is 0 Å². The van der Waals surface area contributed by atoms with E-state index in [0.29, 0.717) is 56.3 Å². The highest BCUT2D eigenvalue weighted by atomic mass is 32.1. The second-order valence-corrected chi connectivity index (χ2v) is 21.8. The Kier molecular flexibility index (Phi) is 50.6. The SMILES string of the molecule is CCCCCCC(CCCC)COC(=O)CCCCCCCCC(CCCCCCCCC(=O)OCC(CCCC)CCCCCC)N(CCCN1CCN(C)CC1)C(=O)CCC.CCCCCS. The van der Waals surface area contributed by atoms with Crippen LogP contribution in [0.3, 0.4) is 0 Å². The lowest BCUT2D eigenvalue weighted by Crippen LogP contribution is -2.46. The Hall–Kier alpha value is -1.32. The van der Waals surface area contributed by atoms with Crippen molar-refractivity contribution in [3.8, 4) is 0 Å². The molecule has 0 aliphatic carbocycles. The second-order valence-electron chi connectivity index (χ2n) is 21.3. The number of amides is 1. The summed E-state index contributed by atoms with van der Waals surface area (Å²) in [7, 11) is 2.21. The Morgan fingerprint density at radius 3 is 1.26 bits per heavy atom. The molecule has 69 heavy (non-hydrogen) atoms. The van der Waals surface area contributed by atoms with E-state index >= 15 is 0 Å². The molecule has 1 saturated heterocycles. The van der Waals surface area contributed by atoms with Crippen molar-refractivity contribution < 1.29 is 23.9 Å². The molecule has 1 heterocycles. The molecule has 1 amide bonds. The summed E-state index contributed by atoms with van der Waals surface area (Å²) < 4.78 is 11.5. The van der Waals surface area contributed by atoms with Gasteiger partial charge < -0.3 is 24.2 Å². The van der Waals surface area contributed by atoms with Crippen LogP contribution in [0.1, 0.15) is 286 Å². The molecule has 0 bridgehead atoms. The van der Waals surface area contributed by atoms with E-state index in [1.54, 1.807) is 0 Å². The van der Waals surface area contributed by atoms with Gasteiger partial charge in [-0.25, -0.2) is 0 Å². The summed E-state index contributed by atoms with van der Waals surface area (Å²) in [4.78, 5) is 46.1. The zero-order chi connectivity index (χ0) is 50.8. The van der Waals surface area contributed by atoms with Crippen LogP contribution >= 0.6 is 12.6 Å². The topological polar surface area (TPSA) is 79.4 Å². The van der Waals surface area contributed by atoms with Crippen LogP contribution in [0, 0.1) is 11.8 Å². The molecule has 2 atom stereocenters. The van der Waals surface area contributed by atoms with Gasteiger partial charge in [0, 0.05) is 58.0 Å². The van der Waals surface area contributed by atoms with Crippen molar-refractivity contribution in [3.63, 3.8) is 0 Å². The van der Waals surface area contributed by atoms with E-state index in [0.717, 1.165) is 122 Å². The molecule has 8 nitrogen and oxygen atoms in total. The molecule has 2 unspecified atom stereocenters. The van der Waals surface area contributed by atoms with Gasteiger partial charge in [0.05, 0.1) is 13.2 Å². The highest BCUT2D eigenvalue weighted by Crippen LogP contribution is 2.23. The second kappa shape index (κ2) is 51.6. The summed E-state index contributed by atoms with van der Waals surface area (Å²) in [6.45, 7) is 21.0. The molecule has 0 saturated carbocycles. The first kappa shape index (κ1) is 67.7.